The Morgan fingerprint density at radius 3 is 0.935 bits per heavy atom. The molecule has 0 atom stereocenters. The number of hydrogen-bond donors (Lipinski definition) is 1. The summed E-state index contributed by atoms with van der Waals surface area (Å²) in [7, 11) is 0. The molecule has 0 spiro atoms. The van der Waals surface area contributed by atoms with E-state index in [1.54, 1.807) is 0 Å². The molecule has 0 bridgehead atoms. The molecule has 0 aromatic rings. The van der Waals surface area contributed by atoms with Crippen LogP contribution >= 0.6 is 0 Å². The average Bonchev–Trinajstić information content (AvgIpc) is 2.76. The highest BCUT2D eigenvalue weighted by Gasteiger charge is 1.96. The molecule has 31 heavy (non-hydrogen) atoms. The van der Waals surface area contributed by atoms with E-state index in [4.69, 9.17) is 29.4 Å². The lowest BCUT2D eigenvalue weighted by atomic mass is 10.1. The van der Waals surface area contributed by atoms with Crippen molar-refractivity contribution < 1.29 is 23.7 Å². The molecular formula is C25H53NO5. The molecule has 0 aromatic carbocycles. The Balaban J connectivity index is 2.99. The lowest BCUT2D eigenvalue weighted by molar-refractivity contribution is 0.0815. The Morgan fingerprint density at radius 1 is 0.419 bits per heavy atom. The Bertz CT molecular complexity index is 318. The molecule has 0 saturated heterocycles. The molecule has 0 unspecified atom stereocenters. The second kappa shape index (κ2) is 27.8. The summed E-state index contributed by atoms with van der Waals surface area (Å²) in [5, 5.41) is 0. The molecule has 0 fully saturated rings. The van der Waals surface area contributed by atoms with Crippen molar-refractivity contribution in [1.82, 2.24) is 0 Å². The van der Waals surface area contributed by atoms with Crippen LogP contribution in [-0.2, 0) is 23.7 Å². The highest BCUT2D eigenvalue weighted by Crippen LogP contribution is 2.03. The van der Waals surface area contributed by atoms with Gasteiger partial charge in [0.2, 0.25) is 0 Å². The van der Waals surface area contributed by atoms with Gasteiger partial charge in [0, 0.05) is 66.1 Å². The van der Waals surface area contributed by atoms with Crippen molar-refractivity contribution in [2.24, 2.45) is 11.7 Å². The second-order valence-corrected chi connectivity index (χ2v) is 8.57. The Labute approximate surface area is 192 Å². The van der Waals surface area contributed by atoms with Crippen molar-refractivity contribution >= 4 is 0 Å². The number of nitrogens with two attached hydrogens (primary N) is 1. The molecule has 0 saturated carbocycles. The molecule has 0 aliphatic heterocycles. The van der Waals surface area contributed by atoms with Crippen molar-refractivity contribution in [3.63, 3.8) is 0 Å². The van der Waals surface area contributed by atoms with Crippen LogP contribution in [0.15, 0.2) is 0 Å². The van der Waals surface area contributed by atoms with Gasteiger partial charge in [0.25, 0.3) is 0 Å². The van der Waals surface area contributed by atoms with E-state index >= 15 is 0 Å². The minimum absolute atomic E-state index is 0.705. The number of ether oxygens (including phenoxy) is 5. The molecule has 0 aliphatic carbocycles. The van der Waals surface area contributed by atoms with Gasteiger partial charge in [-0.1, -0.05) is 13.8 Å². The molecule has 6 nitrogen and oxygen atoms in total. The van der Waals surface area contributed by atoms with E-state index in [-0.39, 0.29) is 0 Å². The molecule has 0 heterocycles. The lowest BCUT2D eigenvalue weighted by Crippen LogP contribution is -2.06. The van der Waals surface area contributed by atoms with Crippen LogP contribution in [0.5, 0.6) is 0 Å². The smallest absolute Gasteiger partial charge is 0.0478 e. The number of unbranched alkanes of at least 4 members (excludes halogenated alkanes) is 4. The SMILES string of the molecule is CC(C)CCCOCCCCOCCCCOCCCCOCCCCOCCCN. The third-order valence-electron chi connectivity index (χ3n) is 4.87. The van der Waals surface area contributed by atoms with Crippen LogP contribution in [0.1, 0.15) is 84.5 Å². The van der Waals surface area contributed by atoms with E-state index < -0.39 is 0 Å². The first-order valence-electron chi connectivity index (χ1n) is 12.9. The molecule has 6 heteroatoms. The van der Waals surface area contributed by atoms with E-state index in [1.165, 1.54) is 12.8 Å². The topological polar surface area (TPSA) is 72.2 Å². The van der Waals surface area contributed by atoms with Gasteiger partial charge >= 0.3 is 0 Å². The first kappa shape index (κ1) is 30.8. The first-order valence-corrected chi connectivity index (χ1v) is 12.9. The highest BCUT2D eigenvalue weighted by atomic mass is 16.5. The highest BCUT2D eigenvalue weighted by molar-refractivity contribution is 4.46. The van der Waals surface area contributed by atoms with Gasteiger partial charge < -0.3 is 29.4 Å². The zero-order chi connectivity index (χ0) is 22.7. The van der Waals surface area contributed by atoms with Crippen LogP contribution in [0.4, 0.5) is 0 Å². The van der Waals surface area contributed by atoms with Crippen LogP contribution in [0.25, 0.3) is 0 Å². The number of rotatable bonds is 27. The fourth-order valence-electron chi connectivity index (χ4n) is 2.92. The summed E-state index contributed by atoms with van der Waals surface area (Å²) in [5.41, 5.74) is 5.42. The fraction of sp³-hybridized carbons (Fsp3) is 1.00. The maximum absolute atomic E-state index is 5.68. The molecule has 0 aromatic heterocycles. The second-order valence-electron chi connectivity index (χ2n) is 8.57. The minimum Gasteiger partial charge on any atom is -0.381 e. The van der Waals surface area contributed by atoms with E-state index in [9.17, 15) is 0 Å². The summed E-state index contributed by atoms with van der Waals surface area (Å²) in [5.74, 6) is 0.778. The predicted molar refractivity (Wildman–Crippen MR) is 129 cm³/mol. The van der Waals surface area contributed by atoms with Crippen LogP contribution in [0.3, 0.4) is 0 Å². The van der Waals surface area contributed by atoms with Gasteiger partial charge in [-0.05, 0) is 83.1 Å². The third kappa shape index (κ3) is 29.8. The third-order valence-corrected chi connectivity index (χ3v) is 4.87. The van der Waals surface area contributed by atoms with E-state index in [1.807, 2.05) is 0 Å². The van der Waals surface area contributed by atoms with Gasteiger partial charge in [-0.3, -0.25) is 0 Å². The summed E-state index contributed by atoms with van der Waals surface area (Å²) in [6.07, 6.45) is 12.0. The summed E-state index contributed by atoms with van der Waals surface area (Å²) < 4.78 is 28.1. The van der Waals surface area contributed by atoms with Crippen LogP contribution < -0.4 is 5.73 Å². The predicted octanol–water partition coefficient (Wildman–Crippen LogP) is 4.98. The van der Waals surface area contributed by atoms with Crippen molar-refractivity contribution in [2.45, 2.75) is 84.5 Å². The molecule has 0 aliphatic rings. The van der Waals surface area contributed by atoms with Gasteiger partial charge in [0.05, 0.1) is 0 Å². The monoisotopic (exact) mass is 447 g/mol. The molecule has 0 radical (unpaired) electrons. The normalized spacial score (nSPS) is 11.6. The molecular weight excluding hydrogens is 394 g/mol. The van der Waals surface area contributed by atoms with Crippen molar-refractivity contribution in [3.05, 3.63) is 0 Å². The summed E-state index contributed by atoms with van der Waals surface area (Å²) in [4.78, 5) is 0. The van der Waals surface area contributed by atoms with E-state index in [2.05, 4.69) is 13.8 Å². The van der Waals surface area contributed by atoms with Crippen molar-refractivity contribution in [1.29, 1.82) is 0 Å². The largest absolute Gasteiger partial charge is 0.381 e. The molecule has 188 valence electrons. The molecule has 0 rings (SSSR count). The maximum atomic E-state index is 5.68. The van der Waals surface area contributed by atoms with Gasteiger partial charge in [0.1, 0.15) is 0 Å². The first-order chi connectivity index (χ1) is 15.3. The van der Waals surface area contributed by atoms with E-state index in [0.717, 1.165) is 130 Å². The van der Waals surface area contributed by atoms with Gasteiger partial charge in [-0.2, -0.15) is 0 Å². The average molecular weight is 448 g/mol. The Morgan fingerprint density at radius 2 is 0.677 bits per heavy atom. The lowest BCUT2D eigenvalue weighted by Gasteiger charge is -2.07. The van der Waals surface area contributed by atoms with Crippen molar-refractivity contribution in [3.8, 4) is 0 Å². The zero-order valence-corrected chi connectivity index (χ0v) is 20.8. The zero-order valence-electron chi connectivity index (χ0n) is 20.8. The Kier molecular flexibility index (Phi) is 27.6. The van der Waals surface area contributed by atoms with Crippen LogP contribution in [0.2, 0.25) is 0 Å². The quantitative estimate of drug-likeness (QED) is 0.179. The summed E-state index contributed by atoms with van der Waals surface area (Å²) in [6, 6.07) is 0. The molecule has 2 N–H and O–H groups in total. The van der Waals surface area contributed by atoms with Crippen LogP contribution in [0, 0.1) is 5.92 Å². The Hall–Kier alpha value is -0.240. The van der Waals surface area contributed by atoms with Gasteiger partial charge in [-0.15, -0.1) is 0 Å². The minimum atomic E-state index is 0.705. The molecule has 0 amide bonds. The fourth-order valence-corrected chi connectivity index (χ4v) is 2.92. The van der Waals surface area contributed by atoms with Crippen molar-refractivity contribution in [2.75, 3.05) is 72.6 Å². The summed E-state index contributed by atoms with van der Waals surface area (Å²) >= 11 is 0. The summed E-state index contributed by atoms with van der Waals surface area (Å²) in [6.45, 7) is 13.6. The van der Waals surface area contributed by atoms with Crippen LogP contribution in [-0.4, -0.2) is 72.6 Å². The van der Waals surface area contributed by atoms with Gasteiger partial charge in [-0.25, -0.2) is 0 Å². The number of hydrogen-bond acceptors (Lipinski definition) is 6. The van der Waals surface area contributed by atoms with E-state index in [0.29, 0.717) is 6.54 Å². The standard InChI is InChI=1S/C25H53NO5/c1-25(2)13-11-23-30-21-9-7-19-28-17-5-3-15-27-16-4-6-18-29-20-8-10-22-31-24-12-14-26/h25H,3-24,26H2,1-2H3. The maximum Gasteiger partial charge on any atom is 0.0478 e. The van der Waals surface area contributed by atoms with Gasteiger partial charge in [0.15, 0.2) is 0 Å².